The van der Waals surface area contributed by atoms with Crippen LogP contribution in [0.4, 0.5) is 14.5 Å². The topological polar surface area (TPSA) is 98.3 Å². The van der Waals surface area contributed by atoms with E-state index in [-0.39, 0.29) is 0 Å². The number of nitro groups is 1. The van der Waals surface area contributed by atoms with Crippen molar-refractivity contribution in [2.24, 2.45) is 0 Å². The molecule has 19 heavy (non-hydrogen) atoms. The fourth-order valence-corrected chi connectivity index (χ4v) is 1.44. The molecule has 1 aromatic carbocycles. The van der Waals surface area contributed by atoms with E-state index in [4.69, 9.17) is 5.11 Å². The SMILES string of the molecule is O=C(O)c1cc(F)c(-n2cc([N+](=O)[O-])cn2)c(F)c1. The molecule has 0 saturated heterocycles. The number of aromatic nitrogens is 2. The van der Waals surface area contributed by atoms with E-state index in [1.165, 1.54) is 0 Å². The van der Waals surface area contributed by atoms with Gasteiger partial charge < -0.3 is 5.11 Å². The van der Waals surface area contributed by atoms with E-state index in [1.807, 2.05) is 0 Å². The third kappa shape index (κ3) is 2.25. The highest BCUT2D eigenvalue weighted by Gasteiger charge is 2.19. The van der Waals surface area contributed by atoms with Crippen molar-refractivity contribution in [2.45, 2.75) is 0 Å². The van der Waals surface area contributed by atoms with Crippen molar-refractivity contribution in [3.05, 3.63) is 51.8 Å². The molecule has 0 aliphatic rings. The lowest BCUT2D eigenvalue weighted by atomic mass is 10.2. The molecule has 1 aromatic heterocycles. The molecule has 9 heteroatoms. The summed E-state index contributed by atoms with van der Waals surface area (Å²) in [5, 5.41) is 22.5. The summed E-state index contributed by atoms with van der Waals surface area (Å²) in [4.78, 5) is 20.3. The zero-order chi connectivity index (χ0) is 14.2. The zero-order valence-corrected chi connectivity index (χ0v) is 9.08. The molecule has 0 radical (unpaired) electrons. The van der Waals surface area contributed by atoms with E-state index in [2.05, 4.69) is 5.10 Å². The zero-order valence-electron chi connectivity index (χ0n) is 9.08. The Morgan fingerprint density at radius 3 is 2.37 bits per heavy atom. The molecule has 0 spiro atoms. The highest BCUT2D eigenvalue weighted by Crippen LogP contribution is 2.21. The number of rotatable bonds is 3. The fraction of sp³-hybridized carbons (Fsp3) is 0. The van der Waals surface area contributed by atoms with E-state index in [0.717, 1.165) is 12.4 Å². The molecule has 0 fully saturated rings. The quantitative estimate of drug-likeness (QED) is 0.676. The van der Waals surface area contributed by atoms with Crippen LogP contribution in [0.15, 0.2) is 24.5 Å². The molecule has 0 unspecified atom stereocenters. The van der Waals surface area contributed by atoms with E-state index >= 15 is 0 Å². The average Bonchev–Trinajstić information content (AvgIpc) is 2.77. The van der Waals surface area contributed by atoms with Crippen molar-refractivity contribution in [3.63, 3.8) is 0 Å². The summed E-state index contributed by atoms with van der Waals surface area (Å²) in [5.74, 6) is -3.86. The van der Waals surface area contributed by atoms with Crippen LogP contribution in [0, 0.1) is 21.7 Å². The Balaban J connectivity index is 2.55. The van der Waals surface area contributed by atoms with Crippen LogP contribution in [0.3, 0.4) is 0 Å². The monoisotopic (exact) mass is 269 g/mol. The number of benzene rings is 1. The Kier molecular flexibility index (Phi) is 2.95. The molecule has 1 N–H and O–H groups in total. The minimum atomic E-state index is -1.49. The number of carbonyl (C=O) groups is 1. The molecule has 0 amide bonds. The van der Waals surface area contributed by atoms with Gasteiger partial charge in [-0.05, 0) is 12.1 Å². The molecule has 98 valence electrons. The molecule has 1 heterocycles. The van der Waals surface area contributed by atoms with Gasteiger partial charge in [-0.25, -0.2) is 18.3 Å². The summed E-state index contributed by atoms with van der Waals surface area (Å²) in [6, 6.07) is 1.21. The number of halogens is 2. The highest BCUT2D eigenvalue weighted by atomic mass is 19.1. The summed E-state index contributed by atoms with van der Waals surface area (Å²) in [6.45, 7) is 0. The normalized spacial score (nSPS) is 10.4. The van der Waals surface area contributed by atoms with Gasteiger partial charge in [0.05, 0.1) is 10.5 Å². The van der Waals surface area contributed by atoms with E-state index in [1.54, 1.807) is 0 Å². The largest absolute Gasteiger partial charge is 0.478 e. The van der Waals surface area contributed by atoms with Crippen LogP contribution in [0.1, 0.15) is 10.4 Å². The molecule has 0 aliphatic carbocycles. The van der Waals surface area contributed by atoms with Crippen LogP contribution < -0.4 is 0 Å². The van der Waals surface area contributed by atoms with Crippen molar-refractivity contribution < 1.29 is 23.6 Å². The van der Waals surface area contributed by atoms with Gasteiger partial charge in [0.2, 0.25) is 0 Å². The Bertz CT molecular complexity index is 660. The van der Waals surface area contributed by atoms with Crippen molar-refractivity contribution in [1.29, 1.82) is 0 Å². The lowest BCUT2D eigenvalue weighted by Gasteiger charge is -2.05. The standard InChI is InChI=1S/C10H5F2N3O4/c11-7-1-5(10(16)17)2-8(12)9(7)14-4-6(3-13-14)15(18)19/h1-4H,(H,16,17). The smallest absolute Gasteiger partial charge is 0.335 e. The van der Waals surface area contributed by atoms with Crippen molar-refractivity contribution >= 4 is 11.7 Å². The van der Waals surface area contributed by atoms with Crippen molar-refractivity contribution in [1.82, 2.24) is 9.78 Å². The van der Waals surface area contributed by atoms with Crippen LogP contribution in [0.5, 0.6) is 0 Å². The Morgan fingerprint density at radius 1 is 1.37 bits per heavy atom. The molecule has 0 saturated carbocycles. The lowest BCUT2D eigenvalue weighted by Crippen LogP contribution is -2.06. The minimum absolute atomic E-state index is 0.443. The lowest BCUT2D eigenvalue weighted by molar-refractivity contribution is -0.384. The second-order valence-electron chi connectivity index (χ2n) is 3.49. The first-order chi connectivity index (χ1) is 8.90. The average molecular weight is 269 g/mol. The van der Waals surface area contributed by atoms with Crippen molar-refractivity contribution in [2.75, 3.05) is 0 Å². The summed E-state index contributed by atoms with van der Waals surface area (Å²) >= 11 is 0. The summed E-state index contributed by atoms with van der Waals surface area (Å²) in [5.41, 5.74) is -1.69. The van der Waals surface area contributed by atoms with Gasteiger partial charge in [-0.3, -0.25) is 10.1 Å². The van der Waals surface area contributed by atoms with Gasteiger partial charge in [0.1, 0.15) is 18.1 Å². The van der Waals surface area contributed by atoms with E-state index in [0.29, 0.717) is 16.8 Å². The van der Waals surface area contributed by atoms with Crippen LogP contribution in [0.25, 0.3) is 5.69 Å². The maximum Gasteiger partial charge on any atom is 0.335 e. The Labute approximate surface area is 103 Å². The Morgan fingerprint density at radius 2 is 1.95 bits per heavy atom. The van der Waals surface area contributed by atoms with Crippen LogP contribution >= 0.6 is 0 Å². The molecule has 7 nitrogen and oxygen atoms in total. The van der Waals surface area contributed by atoms with Gasteiger partial charge >= 0.3 is 11.7 Å². The Hall–Kier alpha value is -2.84. The second-order valence-corrected chi connectivity index (χ2v) is 3.49. The number of carboxylic acids is 1. The predicted molar refractivity (Wildman–Crippen MR) is 57.1 cm³/mol. The van der Waals surface area contributed by atoms with Gasteiger partial charge in [-0.15, -0.1) is 0 Å². The molecule has 0 bridgehead atoms. The summed E-state index contributed by atoms with van der Waals surface area (Å²) in [7, 11) is 0. The molecule has 0 atom stereocenters. The fourth-order valence-electron chi connectivity index (χ4n) is 1.44. The van der Waals surface area contributed by atoms with E-state index in [9.17, 15) is 23.7 Å². The maximum atomic E-state index is 13.6. The van der Waals surface area contributed by atoms with Gasteiger partial charge in [0, 0.05) is 0 Å². The van der Waals surface area contributed by atoms with Gasteiger partial charge in [-0.1, -0.05) is 0 Å². The first kappa shape index (κ1) is 12.6. The summed E-state index contributed by atoms with van der Waals surface area (Å²) in [6.07, 6.45) is 1.64. The highest BCUT2D eigenvalue weighted by molar-refractivity contribution is 5.87. The van der Waals surface area contributed by atoms with Crippen LogP contribution in [-0.2, 0) is 0 Å². The maximum absolute atomic E-state index is 13.6. The van der Waals surface area contributed by atoms with Gasteiger partial charge in [0.15, 0.2) is 11.6 Å². The number of nitrogens with zero attached hydrogens (tertiary/aromatic N) is 3. The molecular weight excluding hydrogens is 264 g/mol. The molecule has 2 aromatic rings. The van der Waals surface area contributed by atoms with Crippen molar-refractivity contribution in [3.8, 4) is 5.69 Å². The number of carboxylic acid groups (broad SMARTS) is 1. The molecule has 0 aliphatic heterocycles. The summed E-state index contributed by atoms with van der Waals surface area (Å²) < 4.78 is 27.9. The van der Waals surface area contributed by atoms with Gasteiger partial charge in [0.25, 0.3) is 0 Å². The number of aromatic carboxylic acids is 1. The van der Waals surface area contributed by atoms with E-state index < -0.39 is 39.5 Å². The number of hydrogen-bond donors (Lipinski definition) is 1. The molecular formula is C10H5F2N3O4. The molecule has 2 rings (SSSR count). The van der Waals surface area contributed by atoms with Crippen LogP contribution in [-0.4, -0.2) is 25.8 Å². The van der Waals surface area contributed by atoms with Crippen LogP contribution in [0.2, 0.25) is 0 Å². The third-order valence-corrected chi connectivity index (χ3v) is 2.27. The van der Waals surface area contributed by atoms with Gasteiger partial charge in [-0.2, -0.15) is 5.10 Å². The predicted octanol–water partition coefficient (Wildman–Crippen LogP) is 1.76. The first-order valence-electron chi connectivity index (χ1n) is 4.82. The second kappa shape index (κ2) is 4.44. The first-order valence-corrected chi connectivity index (χ1v) is 4.82. The third-order valence-electron chi connectivity index (χ3n) is 2.27. The minimum Gasteiger partial charge on any atom is -0.478 e. The number of hydrogen-bond acceptors (Lipinski definition) is 4.